The highest BCUT2D eigenvalue weighted by Gasteiger charge is 2.13. The summed E-state index contributed by atoms with van der Waals surface area (Å²) < 4.78 is 0. The molecular formula is C15H18N2OS. The smallest absolute Gasteiger partial charge is 0.186 e. The van der Waals surface area contributed by atoms with E-state index in [0.29, 0.717) is 13.1 Å². The van der Waals surface area contributed by atoms with Crippen LogP contribution in [0, 0.1) is 6.92 Å². The van der Waals surface area contributed by atoms with Crippen molar-refractivity contribution in [2.45, 2.75) is 20.4 Å². The highest BCUT2D eigenvalue weighted by Crippen LogP contribution is 2.16. The van der Waals surface area contributed by atoms with Crippen molar-refractivity contribution in [1.82, 2.24) is 9.88 Å². The molecule has 0 atom stereocenters. The van der Waals surface area contributed by atoms with Crippen molar-refractivity contribution in [2.75, 3.05) is 13.1 Å². The maximum Gasteiger partial charge on any atom is 0.186 e. The largest absolute Gasteiger partial charge is 0.292 e. The van der Waals surface area contributed by atoms with Gasteiger partial charge in [-0.25, -0.2) is 0 Å². The highest BCUT2D eigenvalue weighted by molar-refractivity contribution is 7.14. The number of hydrogen-bond donors (Lipinski definition) is 0. The number of nitrogens with zero attached hydrogens (tertiary/aromatic N) is 2. The molecule has 0 aliphatic heterocycles. The Hall–Kier alpha value is -1.52. The number of likely N-dealkylation sites (N-methyl/N-ethyl adjacent to an activating group) is 1. The van der Waals surface area contributed by atoms with Crippen LogP contribution in [0.2, 0.25) is 0 Å². The van der Waals surface area contributed by atoms with Crippen LogP contribution in [-0.4, -0.2) is 28.8 Å². The number of carbonyl (C=O) groups excluding carboxylic acids is 1. The standard InChI is InChI=1S/C15H18N2OS/c1-3-17(10-13-6-4-5-9-16-13)11-14(18)15-8-7-12(2)19-15/h4-9H,3,10-11H2,1-2H3. The van der Waals surface area contributed by atoms with Gasteiger partial charge in [-0.15, -0.1) is 11.3 Å². The van der Waals surface area contributed by atoms with E-state index in [9.17, 15) is 4.79 Å². The molecule has 2 rings (SSSR count). The monoisotopic (exact) mass is 274 g/mol. The maximum absolute atomic E-state index is 12.2. The van der Waals surface area contributed by atoms with E-state index in [2.05, 4.69) is 16.8 Å². The minimum absolute atomic E-state index is 0.191. The van der Waals surface area contributed by atoms with Crippen molar-refractivity contribution in [2.24, 2.45) is 0 Å². The molecule has 0 N–H and O–H groups in total. The first kappa shape index (κ1) is 13.9. The minimum Gasteiger partial charge on any atom is -0.292 e. The van der Waals surface area contributed by atoms with Gasteiger partial charge < -0.3 is 0 Å². The molecule has 0 bridgehead atoms. The highest BCUT2D eigenvalue weighted by atomic mass is 32.1. The molecule has 2 aromatic rings. The Morgan fingerprint density at radius 3 is 2.74 bits per heavy atom. The number of pyridine rings is 1. The summed E-state index contributed by atoms with van der Waals surface area (Å²) in [5.74, 6) is 0.191. The third-order valence-corrected chi connectivity index (χ3v) is 3.98. The van der Waals surface area contributed by atoms with E-state index in [1.54, 1.807) is 17.5 Å². The van der Waals surface area contributed by atoms with Crippen LogP contribution in [0.4, 0.5) is 0 Å². The van der Waals surface area contributed by atoms with Gasteiger partial charge >= 0.3 is 0 Å². The number of ketones is 1. The van der Waals surface area contributed by atoms with Gasteiger partial charge in [0.15, 0.2) is 5.78 Å². The molecule has 0 aliphatic rings. The molecule has 0 amide bonds. The average molecular weight is 274 g/mol. The maximum atomic E-state index is 12.2. The summed E-state index contributed by atoms with van der Waals surface area (Å²) >= 11 is 1.56. The van der Waals surface area contributed by atoms with Crippen LogP contribution in [0.5, 0.6) is 0 Å². The first-order valence-electron chi connectivity index (χ1n) is 6.41. The van der Waals surface area contributed by atoms with Gasteiger partial charge in [-0.2, -0.15) is 0 Å². The van der Waals surface area contributed by atoms with Crippen molar-refractivity contribution < 1.29 is 4.79 Å². The molecular weight excluding hydrogens is 256 g/mol. The number of carbonyl (C=O) groups is 1. The van der Waals surface area contributed by atoms with E-state index in [0.717, 1.165) is 17.1 Å². The molecule has 0 aromatic carbocycles. The molecule has 0 radical (unpaired) electrons. The van der Waals surface area contributed by atoms with Gasteiger partial charge in [0, 0.05) is 17.6 Å². The molecule has 19 heavy (non-hydrogen) atoms. The summed E-state index contributed by atoms with van der Waals surface area (Å²) in [5, 5.41) is 0. The van der Waals surface area contributed by atoms with E-state index in [1.807, 2.05) is 37.3 Å². The van der Waals surface area contributed by atoms with Gasteiger partial charge in [0.1, 0.15) is 0 Å². The zero-order chi connectivity index (χ0) is 13.7. The van der Waals surface area contributed by atoms with E-state index < -0.39 is 0 Å². The number of hydrogen-bond acceptors (Lipinski definition) is 4. The van der Waals surface area contributed by atoms with Crippen LogP contribution in [0.3, 0.4) is 0 Å². The number of thiophene rings is 1. The Morgan fingerprint density at radius 2 is 2.16 bits per heavy atom. The minimum atomic E-state index is 0.191. The summed E-state index contributed by atoms with van der Waals surface area (Å²) in [6.45, 7) is 6.09. The van der Waals surface area contributed by atoms with Crippen molar-refractivity contribution in [1.29, 1.82) is 0 Å². The number of aromatic nitrogens is 1. The summed E-state index contributed by atoms with van der Waals surface area (Å²) in [6.07, 6.45) is 1.79. The van der Waals surface area contributed by atoms with Crippen LogP contribution in [0.1, 0.15) is 27.2 Å². The summed E-state index contributed by atoms with van der Waals surface area (Å²) in [6, 6.07) is 9.77. The average Bonchev–Trinajstić information content (AvgIpc) is 2.86. The van der Waals surface area contributed by atoms with Crippen molar-refractivity contribution >= 4 is 17.1 Å². The summed E-state index contributed by atoms with van der Waals surface area (Å²) in [4.78, 5) is 20.6. The van der Waals surface area contributed by atoms with Gasteiger partial charge in [0.25, 0.3) is 0 Å². The van der Waals surface area contributed by atoms with Crippen molar-refractivity contribution in [3.63, 3.8) is 0 Å². The lowest BCUT2D eigenvalue weighted by Gasteiger charge is -2.18. The third-order valence-electron chi connectivity index (χ3n) is 2.94. The van der Waals surface area contributed by atoms with Crippen LogP contribution in [-0.2, 0) is 6.54 Å². The second-order valence-corrected chi connectivity index (χ2v) is 5.75. The van der Waals surface area contributed by atoms with Crippen LogP contribution >= 0.6 is 11.3 Å². The Bertz CT molecular complexity index is 536. The summed E-state index contributed by atoms with van der Waals surface area (Å²) in [7, 11) is 0. The lowest BCUT2D eigenvalue weighted by Crippen LogP contribution is -2.29. The zero-order valence-corrected chi connectivity index (χ0v) is 12.1. The second kappa shape index (κ2) is 6.59. The Morgan fingerprint density at radius 1 is 1.32 bits per heavy atom. The molecule has 0 saturated heterocycles. The molecule has 2 heterocycles. The fourth-order valence-electron chi connectivity index (χ4n) is 1.87. The lowest BCUT2D eigenvalue weighted by molar-refractivity contribution is 0.0933. The Labute approximate surface area is 117 Å². The number of rotatable bonds is 6. The molecule has 3 nitrogen and oxygen atoms in total. The van der Waals surface area contributed by atoms with E-state index in [4.69, 9.17) is 0 Å². The molecule has 0 spiro atoms. The van der Waals surface area contributed by atoms with Crippen molar-refractivity contribution in [3.8, 4) is 0 Å². The van der Waals surface area contributed by atoms with Crippen LogP contribution < -0.4 is 0 Å². The van der Waals surface area contributed by atoms with Crippen LogP contribution in [0.15, 0.2) is 36.5 Å². The topological polar surface area (TPSA) is 33.2 Å². The molecule has 100 valence electrons. The molecule has 0 saturated carbocycles. The Balaban J connectivity index is 1.97. The van der Waals surface area contributed by atoms with Gasteiger partial charge in [-0.1, -0.05) is 13.0 Å². The second-order valence-electron chi connectivity index (χ2n) is 4.46. The van der Waals surface area contributed by atoms with Gasteiger partial charge in [-0.05, 0) is 37.7 Å². The predicted molar refractivity (Wildman–Crippen MR) is 78.6 cm³/mol. The molecule has 0 aliphatic carbocycles. The number of aryl methyl sites for hydroxylation is 1. The fourth-order valence-corrected chi connectivity index (χ4v) is 2.66. The quantitative estimate of drug-likeness (QED) is 0.759. The van der Waals surface area contributed by atoms with E-state index in [-0.39, 0.29) is 5.78 Å². The SMILES string of the molecule is CCN(CC(=O)c1ccc(C)s1)Cc1ccccn1. The van der Waals surface area contributed by atoms with E-state index in [1.165, 1.54) is 4.88 Å². The summed E-state index contributed by atoms with van der Waals surface area (Å²) in [5.41, 5.74) is 1.000. The van der Waals surface area contributed by atoms with Gasteiger partial charge in [0.05, 0.1) is 17.1 Å². The molecule has 4 heteroatoms. The first-order chi connectivity index (χ1) is 9.19. The Kier molecular flexibility index (Phi) is 4.82. The van der Waals surface area contributed by atoms with E-state index >= 15 is 0 Å². The normalized spacial score (nSPS) is 10.9. The zero-order valence-electron chi connectivity index (χ0n) is 11.3. The number of Topliss-reactive ketones (excluding diaryl/α,β-unsaturated/α-hetero) is 1. The van der Waals surface area contributed by atoms with Gasteiger partial charge in [0.2, 0.25) is 0 Å². The third kappa shape index (κ3) is 3.98. The first-order valence-corrected chi connectivity index (χ1v) is 7.22. The molecule has 0 fully saturated rings. The fraction of sp³-hybridized carbons (Fsp3) is 0.333. The molecule has 0 unspecified atom stereocenters. The van der Waals surface area contributed by atoms with Gasteiger partial charge in [-0.3, -0.25) is 14.7 Å². The van der Waals surface area contributed by atoms with Crippen LogP contribution in [0.25, 0.3) is 0 Å². The lowest BCUT2D eigenvalue weighted by atomic mass is 10.2. The van der Waals surface area contributed by atoms with Crippen molar-refractivity contribution in [3.05, 3.63) is 52.0 Å². The molecule has 2 aromatic heterocycles. The predicted octanol–water partition coefficient (Wildman–Crippen LogP) is 3.16.